The summed E-state index contributed by atoms with van der Waals surface area (Å²) in [6.07, 6.45) is 3.60. The van der Waals surface area contributed by atoms with Crippen molar-refractivity contribution in [2.75, 3.05) is 45.1 Å². The molecule has 0 aromatic rings. The van der Waals surface area contributed by atoms with Crippen molar-refractivity contribution < 1.29 is 13.2 Å². The van der Waals surface area contributed by atoms with E-state index >= 15 is 0 Å². The fourth-order valence-electron chi connectivity index (χ4n) is 1.92. The van der Waals surface area contributed by atoms with Gasteiger partial charge in [-0.1, -0.05) is 13.3 Å². The van der Waals surface area contributed by atoms with Crippen LogP contribution in [0.1, 0.15) is 32.6 Å². The molecule has 5 nitrogen and oxygen atoms in total. The van der Waals surface area contributed by atoms with Crippen LogP contribution in [0.5, 0.6) is 0 Å². The highest BCUT2D eigenvalue weighted by Gasteiger charge is 2.10. The molecule has 0 aromatic heterocycles. The summed E-state index contributed by atoms with van der Waals surface area (Å²) in [5, 5.41) is 0. The molecule has 0 spiro atoms. The lowest BCUT2D eigenvalue weighted by molar-refractivity contribution is 0.0372. The molecule has 1 rings (SSSR count). The van der Waals surface area contributed by atoms with Gasteiger partial charge in [0.25, 0.3) is 0 Å². The van der Waals surface area contributed by atoms with Crippen LogP contribution in [-0.4, -0.2) is 58.5 Å². The molecule has 0 aliphatic carbocycles. The molecule has 0 saturated carbocycles. The van der Waals surface area contributed by atoms with Gasteiger partial charge in [0.05, 0.1) is 19.0 Å². The number of unbranched alkanes of at least 4 members (excludes halogenated alkanes) is 2. The zero-order valence-electron chi connectivity index (χ0n) is 11.4. The molecular weight excluding hydrogens is 252 g/mol. The second-order valence-electron chi connectivity index (χ2n) is 4.73. The molecule has 1 aliphatic heterocycles. The Bertz CT molecular complexity index is 300. The van der Waals surface area contributed by atoms with Crippen LogP contribution in [0.3, 0.4) is 0 Å². The lowest BCUT2D eigenvalue weighted by Gasteiger charge is -2.26. The number of hydrogen-bond donors (Lipinski definition) is 1. The third kappa shape index (κ3) is 7.31. The van der Waals surface area contributed by atoms with E-state index in [4.69, 9.17) is 4.74 Å². The van der Waals surface area contributed by atoms with Gasteiger partial charge in [-0.25, -0.2) is 13.1 Å². The minimum atomic E-state index is -3.03. The SMILES string of the molecule is CCCCS(=O)(=O)NCCCCN1CCOCC1. The molecule has 0 amide bonds. The first kappa shape index (κ1) is 15.9. The largest absolute Gasteiger partial charge is 0.379 e. The highest BCUT2D eigenvalue weighted by atomic mass is 32.2. The standard InChI is InChI=1S/C12H26N2O3S/c1-2-3-12-18(15,16)13-6-4-5-7-14-8-10-17-11-9-14/h13H,2-12H2,1H3. The number of sulfonamides is 1. The van der Waals surface area contributed by atoms with E-state index in [0.717, 1.165) is 58.5 Å². The van der Waals surface area contributed by atoms with Gasteiger partial charge in [-0.15, -0.1) is 0 Å². The monoisotopic (exact) mass is 278 g/mol. The molecular formula is C12H26N2O3S. The fourth-order valence-corrected chi connectivity index (χ4v) is 3.19. The number of morpholine rings is 1. The van der Waals surface area contributed by atoms with Crippen LogP contribution >= 0.6 is 0 Å². The van der Waals surface area contributed by atoms with Crippen LogP contribution in [0.4, 0.5) is 0 Å². The molecule has 6 heteroatoms. The first-order valence-corrected chi connectivity index (χ1v) is 8.57. The van der Waals surface area contributed by atoms with Crippen LogP contribution in [0.25, 0.3) is 0 Å². The summed E-state index contributed by atoms with van der Waals surface area (Å²) in [4.78, 5) is 2.37. The van der Waals surface area contributed by atoms with Crippen molar-refractivity contribution in [3.8, 4) is 0 Å². The van der Waals surface area contributed by atoms with E-state index in [-0.39, 0.29) is 5.75 Å². The maximum Gasteiger partial charge on any atom is 0.211 e. The molecule has 0 radical (unpaired) electrons. The van der Waals surface area contributed by atoms with Crippen molar-refractivity contribution in [1.82, 2.24) is 9.62 Å². The molecule has 1 N–H and O–H groups in total. The number of nitrogens with zero attached hydrogens (tertiary/aromatic N) is 1. The smallest absolute Gasteiger partial charge is 0.211 e. The Labute approximate surface area is 111 Å². The third-order valence-corrected chi connectivity index (χ3v) is 4.56. The van der Waals surface area contributed by atoms with Gasteiger partial charge in [-0.3, -0.25) is 4.90 Å². The Morgan fingerprint density at radius 2 is 1.89 bits per heavy atom. The minimum Gasteiger partial charge on any atom is -0.379 e. The van der Waals surface area contributed by atoms with Gasteiger partial charge in [-0.2, -0.15) is 0 Å². The van der Waals surface area contributed by atoms with E-state index in [9.17, 15) is 8.42 Å². The van der Waals surface area contributed by atoms with E-state index in [2.05, 4.69) is 9.62 Å². The topological polar surface area (TPSA) is 58.6 Å². The van der Waals surface area contributed by atoms with Gasteiger partial charge in [0.1, 0.15) is 0 Å². The molecule has 0 bridgehead atoms. The highest BCUT2D eigenvalue weighted by molar-refractivity contribution is 7.89. The van der Waals surface area contributed by atoms with Gasteiger partial charge in [0.15, 0.2) is 0 Å². The fraction of sp³-hybridized carbons (Fsp3) is 1.00. The van der Waals surface area contributed by atoms with Crippen LogP contribution in [-0.2, 0) is 14.8 Å². The summed E-state index contributed by atoms with van der Waals surface area (Å²) in [6, 6.07) is 0. The van der Waals surface area contributed by atoms with Crippen molar-refractivity contribution >= 4 is 10.0 Å². The van der Waals surface area contributed by atoms with Crippen molar-refractivity contribution in [2.45, 2.75) is 32.6 Å². The van der Waals surface area contributed by atoms with E-state index in [0.29, 0.717) is 6.54 Å². The average molecular weight is 278 g/mol. The van der Waals surface area contributed by atoms with E-state index in [1.165, 1.54) is 0 Å². The van der Waals surface area contributed by atoms with Crippen molar-refractivity contribution in [3.05, 3.63) is 0 Å². The molecule has 108 valence electrons. The summed E-state index contributed by atoms with van der Waals surface area (Å²) in [5.74, 6) is 0.257. The zero-order chi connectivity index (χ0) is 13.3. The number of hydrogen-bond acceptors (Lipinski definition) is 4. The van der Waals surface area contributed by atoms with Crippen molar-refractivity contribution in [2.24, 2.45) is 0 Å². The first-order valence-electron chi connectivity index (χ1n) is 6.91. The van der Waals surface area contributed by atoms with Gasteiger partial charge < -0.3 is 4.74 Å². The Morgan fingerprint density at radius 1 is 1.17 bits per heavy atom. The first-order chi connectivity index (χ1) is 8.64. The molecule has 1 saturated heterocycles. The van der Waals surface area contributed by atoms with Crippen LogP contribution < -0.4 is 4.72 Å². The van der Waals surface area contributed by atoms with E-state index in [1.54, 1.807) is 0 Å². The maximum atomic E-state index is 11.5. The maximum absolute atomic E-state index is 11.5. The van der Waals surface area contributed by atoms with Crippen LogP contribution in [0.2, 0.25) is 0 Å². The van der Waals surface area contributed by atoms with Gasteiger partial charge >= 0.3 is 0 Å². The lowest BCUT2D eigenvalue weighted by Crippen LogP contribution is -2.37. The summed E-state index contributed by atoms with van der Waals surface area (Å²) >= 11 is 0. The molecule has 1 aliphatic rings. The average Bonchev–Trinajstić information content (AvgIpc) is 2.37. The predicted molar refractivity (Wildman–Crippen MR) is 73.2 cm³/mol. The highest BCUT2D eigenvalue weighted by Crippen LogP contribution is 2.00. The Morgan fingerprint density at radius 3 is 2.56 bits per heavy atom. The van der Waals surface area contributed by atoms with Crippen molar-refractivity contribution in [3.63, 3.8) is 0 Å². The van der Waals surface area contributed by atoms with E-state index < -0.39 is 10.0 Å². The van der Waals surface area contributed by atoms with Crippen molar-refractivity contribution in [1.29, 1.82) is 0 Å². The summed E-state index contributed by atoms with van der Waals surface area (Å²) in [5.41, 5.74) is 0. The quantitative estimate of drug-likeness (QED) is 0.634. The second kappa shape index (κ2) is 8.85. The van der Waals surface area contributed by atoms with Gasteiger partial charge in [0, 0.05) is 19.6 Å². The molecule has 18 heavy (non-hydrogen) atoms. The number of ether oxygens (including phenoxy) is 1. The van der Waals surface area contributed by atoms with Crippen LogP contribution in [0.15, 0.2) is 0 Å². The Kier molecular flexibility index (Phi) is 7.81. The van der Waals surface area contributed by atoms with Crippen LogP contribution in [0, 0.1) is 0 Å². The van der Waals surface area contributed by atoms with E-state index in [1.807, 2.05) is 6.92 Å². The molecule has 1 fully saturated rings. The summed E-state index contributed by atoms with van der Waals surface area (Å²) in [6.45, 7) is 7.26. The number of nitrogens with one attached hydrogen (secondary N) is 1. The third-order valence-electron chi connectivity index (χ3n) is 3.09. The molecule has 0 aromatic carbocycles. The Hall–Kier alpha value is -0.170. The second-order valence-corrected chi connectivity index (χ2v) is 6.65. The number of rotatable bonds is 9. The minimum absolute atomic E-state index is 0.257. The molecule has 0 atom stereocenters. The summed E-state index contributed by atoms with van der Waals surface area (Å²) < 4.78 is 31.0. The zero-order valence-corrected chi connectivity index (χ0v) is 12.2. The Balaban J connectivity index is 2.00. The molecule has 0 unspecified atom stereocenters. The summed E-state index contributed by atoms with van der Waals surface area (Å²) in [7, 11) is -3.03. The predicted octanol–water partition coefficient (Wildman–Crippen LogP) is 0.818. The lowest BCUT2D eigenvalue weighted by atomic mass is 10.3. The van der Waals surface area contributed by atoms with Gasteiger partial charge in [0.2, 0.25) is 10.0 Å². The van der Waals surface area contributed by atoms with Gasteiger partial charge in [-0.05, 0) is 25.8 Å². The molecule has 1 heterocycles. The normalized spacial score (nSPS) is 18.1.